The van der Waals surface area contributed by atoms with Gasteiger partial charge in [-0.05, 0) is 47.5 Å². The smallest absolute Gasteiger partial charge is 0.201 e. The van der Waals surface area contributed by atoms with Gasteiger partial charge in [-0.3, -0.25) is 4.98 Å². The minimum atomic E-state index is -1.85. The lowest BCUT2D eigenvalue weighted by Crippen LogP contribution is -2.48. The number of fused-ring (bicyclic) bond motifs is 1. The van der Waals surface area contributed by atoms with Crippen molar-refractivity contribution in [2.24, 2.45) is 0 Å². The van der Waals surface area contributed by atoms with Crippen molar-refractivity contribution >= 4 is 8.32 Å². The number of aromatic nitrogens is 1. The Morgan fingerprint density at radius 2 is 1.68 bits per heavy atom. The molecule has 1 aliphatic carbocycles. The van der Waals surface area contributed by atoms with E-state index in [0.717, 1.165) is 12.8 Å². The molecule has 0 saturated carbocycles. The van der Waals surface area contributed by atoms with E-state index < -0.39 is 8.32 Å². The van der Waals surface area contributed by atoms with Gasteiger partial charge in [0.1, 0.15) is 0 Å². The molecule has 1 aliphatic rings. The molecule has 0 spiro atoms. The van der Waals surface area contributed by atoms with Crippen LogP contribution in [-0.2, 0) is 10.8 Å². The molecule has 1 aromatic heterocycles. The van der Waals surface area contributed by atoms with Gasteiger partial charge in [0.2, 0.25) is 8.32 Å². The van der Waals surface area contributed by atoms with E-state index in [0.29, 0.717) is 16.6 Å². The van der Waals surface area contributed by atoms with E-state index in [1.54, 1.807) is 0 Å². The SMILES string of the molecule is CC(C)[Si](O[C@@H]1CCCCc2cccnc21)(C(C)C)C(C)C. The van der Waals surface area contributed by atoms with Gasteiger partial charge in [0.15, 0.2) is 0 Å². The van der Waals surface area contributed by atoms with Crippen molar-refractivity contribution < 1.29 is 4.43 Å². The second-order valence-corrected chi connectivity index (χ2v) is 13.1. The van der Waals surface area contributed by atoms with Crippen LogP contribution in [0.2, 0.25) is 16.6 Å². The fraction of sp³-hybridized carbons (Fsp3) is 0.737. The van der Waals surface area contributed by atoms with Gasteiger partial charge in [0.05, 0.1) is 11.8 Å². The standard InChI is InChI=1S/C19H33NOSi/c1-14(2)22(15(3)4,16(5)6)21-18-12-8-7-10-17-11-9-13-20-19(17)18/h9,11,13-16,18H,7-8,10,12H2,1-6H3/t18-/m1/s1. The molecule has 1 atom stereocenters. The summed E-state index contributed by atoms with van der Waals surface area (Å²) >= 11 is 0. The van der Waals surface area contributed by atoms with Gasteiger partial charge >= 0.3 is 0 Å². The molecule has 0 radical (unpaired) electrons. The first-order chi connectivity index (χ1) is 10.4. The Hall–Kier alpha value is -0.673. The number of hydrogen-bond acceptors (Lipinski definition) is 2. The summed E-state index contributed by atoms with van der Waals surface area (Å²) in [5.41, 5.74) is 4.51. The molecule has 0 N–H and O–H groups in total. The van der Waals surface area contributed by atoms with Gasteiger partial charge in [-0.1, -0.05) is 54.0 Å². The molecule has 0 aliphatic heterocycles. The fourth-order valence-corrected chi connectivity index (χ4v) is 10.0. The molecular weight excluding hydrogens is 286 g/mol. The monoisotopic (exact) mass is 319 g/mol. The Morgan fingerprint density at radius 3 is 2.27 bits per heavy atom. The van der Waals surface area contributed by atoms with Crippen LogP contribution in [0.1, 0.15) is 78.2 Å². The summed E-state index contributed by atoms with van der Waals surface area (Å²) in [7, 11) is -1.85. The van der Waals surface area contributed by atoms with Crippen LogP contribution in [0.15, 0.2) is 18.3 Å². The van der Waals surface area contributed by atoms with Crippen LogP contribution in [-0.4, -0.2) is 13.3 Å². The highest BCUT2D eigenvalue weighted by molar-refractivity contribution is 6.77. The first-order valence-corrected chi connectivity index (χ1v) is 11.1. The predicted molar refractivity (Wildman–Crippen MR) is 96.7 cm³/mol. The third kappa shape index (κ3) is 3.30. The van der Waals surface area contributed by atoms with Crippen LogP contribution in [0.4, 0.5) is 0 Å². The van der Waals surface area contributed by atoms with Crippen LogP contribution in [0, 0.1) is 0 Å². The molecule has 124 valence electrons. The van der Waals surface area contributed by atoms with E-state index in [-0.39, 0.29) is 6.10 Å². The van der Waals surface area contributed by atoms with Crippen molar-refractivity contribution in [2.45, 2.75) is 90.0 Å². The highest BCUT2D eigenvalue weighted by atomic mass is 28.4. The highest BCUT2D eigenvalue weighted by Crippen LogP contribution is 2.46. The molecule has 2 nitrogen and oxygen atoms in total. The van der Waals surface area contributed by atoms with Crippen LogP contribution < -0.4 is 0 Å². The maximum atomic E-state index is 7.05. The van der Waals surface area contributed by atoms with Crippen molar-refractivity contribution in [1.82, 2.24) is 4.98 Å². The van der Waals surface area contributed by atoms with Crippen molar-refractivity contribution in [3.63, 3.8) is 0 Å². The minimum Gasteiger partial charge on any atom is -0.408 e. The number of rotatable bonds is 5. The van der Waals surface area contributed by atoms with Crippen LogP contribution in [0.25, 0.3) is 0 Å². The Kier molecular flexibility index (Phi) is 5.84. The van der Waals surface area contributed by atoms with Crippen molar-refractivity contribution in [1.29, 1.82) is 0 Å². The molecular formula is C19H33NOSi. The number of pyridine rings is 1. The molecule has 1 heterocycles. The van der Waals surface area contributed by atoms with E-state index in [1.165, 1.54) is 24.1 Å². The van der Waals surface area contributed by atoms with E-state index in [1.807, 2.05) is 6.20 Å². The molecule has 0 amide bonds. The number of nitrogens with zero attached hydrogens (tertiary/aromatic N) is 1. The third-order valence-corrected chi connectivity index (χ3v) is 11.6. The Labute approximate surface area is 137 Å². The average molecular weight is 320 g/mol. The molecule has 0 unspecified atom stereocenters. The minimum absolute atomic E-state index is 0.206. The van der Waals surface area contributed by atoms with E-state index in [9.17, 15) is 0 Å². The van der Waals surface area contributed by atoms with Gasteiger partial charge < -0.3 is 4.43 Å². The summed E-state index contributed by atoms with van der Waals surface area (Å²) in [6.45, 7) is 14.2. The molecule has 0 bridgehead atoms. The molecule has 2 rings (SSSR count). The third-order valence-electron chi connectivity index (χ3n) is 5.45. The van der Waals surface area contributed by atoms with Crippen molar-refractivity contribution in [3.8, 4) is 0 Å². The largest absolute Gasteiger partial charge is 0.408 e. The summed E-state index contributed by atoms with van der Waals surface area (Å²) in [5, 5.41) is 0. The summed E-state index contributed by atoms with van der Waals surface area (Å²) < 4.78 is 7.05. The maximum Gasteiger partial charge on any atom is 0.201 e. The van der Waals surface area contributed by atoms with Crippen LogP contribution >= 0.6 is 0 Å². The zero-order valence-electron chi connectivity index (χ0n) is 15.2. The Bertz CT molecular complexity index is 462. The van der Waals surface area contributed by atoms with Crippen molar-refractivity contribution in [2.75, 3.05) is 0 Å². The lowest BCUT2D eigenvalue weighted by Gasteiger charge is -2.44. The zero-order valence-corrected chi connectivity index (χ0v) is 16.2. The second-order valence-electron chi connectivity index (χ2n) is 7.72. The molecule has 0 saturated heterocycles. The lowest BCUT2D eigenvalue weighted by atomic mass is 10.1. The average Bonchev–Trinajstić information content (AvgIpc) is 2.65. The van der Waals surface area contributed by atoms with E-state index in [4.69, 9.17) is 9.41 Å². The lowest BCUT2D eigenvalue weighted by molar-refractivity contribution is 0.161. The maximum absolute atomic E-state index is 7.05. The number of aryl methyl sites for hydroxylation is 1. The first-order valence-electron chi connectivity index (χ1n) is 9.01. The van der Waals surface area contributed by atoms with E-state index in [2.05, 4.69) is 53.7 Å². The van der Waals surface area contributed by atoms with Gasteiger partial charge in [-0.25, -0.2) is 0 Å². The molecule has 22 heavy (non-hydrogen) atoms. The van der Waals surface area contributed by atoms with Crippen molar-refractivity contribution in [3.05, 3.63) is 29.6 Å². The first kappa shape index (κ1) is 17.7. The Balaban J connectivity index is 2.38. The van der Waals surface area contributed by atoms with Gasteiger partial charge in [-0.2, -0.15) is 0 Å². The van der Waals surface area contributed by atoms with Crippen LogP contribution in [0.5, 0.6) is 0 Å². The van der Waals surface area contributed by atoms with Gasteiger partial charge in [0, 0.05) is 6.20 Å². The Morgan fingerprint density at radius 1 is 1.05 bits per heavy atom. The summed E-state index contributed by atoms with van der Waals surface area (Å²) in [6.07, 6.45) is 6.94. The predicted octanol–water partition coefficient (Wildman–Crippen LogP) is 6.04. The highest BCUT2D eigenvalue weighted by Gasteiger charge is 2.47. The van der Waals surface area contributed by atoms with Gasteiger partial charge in [-0.15, -0.1) is 0 Å². The molecule has 0 aromatic carbocycles. The van der Waals surface area contributed by atoms with Gasteiger partial charge in [0.25, 0.3) is 0 Å². The second kappa shape index (κ2) is 7.27. The zero-order chi connectivity index (χ0) is 16.3. The fourth-order valence-electron chi connectivity index (χ4n) is 4.50. The normalized spacial score (nSPS) is 19.6. The summed E-state index contributed by atoms with van der Waals surface area (Å²) in [4.78, 5) is 4.72. The summed E-state index contributed by atoms with van der Waals surface area (Å²) in [5.74, 6) is 0. The number of hydrogen-bond donors (Lipinski definition) is 0. The van der Waals surface area contributed by atoms with E-state index >= 15 is 0 Å². The van der Waals surface area contributed by atoms with Crippen LogP contribution in [0.3, 0.4) is 0 Å². The quantitative estimate of drug-likeness (QED) is 0.487. The molecule has 3 heteroatoms. The summed E-state index contributed by atoms with van der Waals surface area (Å²) in [6, 6.07) is 4.31. The molecule has 1 aromatic rings. The molecule has 0 fully saturated rings. The topological polar surface area (TPSA) is 22.1 Å².